The zero-order valence-corrected chi connectivity index (χ0v) is 19.1. The minimum Gasteiger partial charge on any atom is -0.379 e. The summed E-state index contributed by atoms with van der Waals surface area (Å²) in [6, 6.07) is 5.72. The van der Waals surface area contributed by atoms with Crippen molar-refractivity contribution in [2.24, 2.45) is 0 Å². The van der Waals surface area contributed by atoms with Gasteiger partial charge < -0.3 is 19.9 Å². The third-order valence-corrected chi connectivity index (χ3v) is 6.55. The van der Waals surface area contributed by atoms with Gasteiger partial charge in [-0.2, -0.15) is 0 Å². The number of amides is 1. The summed E-state index contributed by atoms with van der Waals surface area (Å²) in [5.41, 5.74) is 4.93. The number of rotatable bonds is 4. The molecule has 1 unspecified atom stereocenters. The molecule has 3 aliphatic rings. The van der Waals surface area contributed by atoms with E-state index in [-0.39, 0.29) is 11.4 Å². The number of benzene rings is 1. The number of nitrogens with one attached hydrogen (secondary N) is 2. The molecule has 0 bridgehead atoms. The van der Waals surface area contributed by atoms with Crippen LogP contribution in [-0.4, -0.2) is 64.6 Å². The summed E-state index contributed by atoms with van der Waals surface area (Å²) in [6.07, 6.45) is 12.8. The predicted molar refractivity (Wildman–Crippen MR) is 131 cm³/mol. The van der Waals surface area contributed by atoms with Crippen LogP contribution in [0.4, 0.5) is 5.69 Å². The molecule has 1 aromatic heterocycles. The van der Waals surface area contributed by atoms with Crippen LogP contribution >= 0.6 is 0 Å². The van der Waals surface area contributed by atoms with Crippen molar-refractivity contribution in [2.75, 3.05) is 38.7 Å². The van der Waals surface area contributed by atoms with E-state index in [0.717, 1.165) is 66.5 Å². The summed E-state index contributed by atoms with van der Waals surface area (Å²) in [6.45, 7) is 9.58. The number of carbonyl (C=O) groups is 1. The second-order valence-corrected chi connectivity index (χ2v) is 8.96. The monoisotopic (exact) mass is 443 g/mol. The standard InChI is InChI=1S/C26H29N5O2/c1-18-8-11-30(3)23(16-18)24-28-21-5-4-20(17-22(21)29-24)27-25(32)19-6-9-26(2,10-7-19)31-12-14-33-15-13-31/h4-9,11,16-17H,1,10,12-15H2,2-3H3,(H,27,32)(H,28,29). The van der Waals surface area contributed by atoms with E-state index in [0.29, 0.717) is 5.57 Å². The van der Waals surface area contributed by atoms with E-state index >= 15 is 0 Å². The number of hydrogen-bond acceptors (Lipinski definition) is 5. The highest BCUT2D eigenvalue weighted by molar-refractivity contribution is 6.06. The summed E-state index contributed by atoms with van der Waals surface area (Å²) in [5.74, 6) is 0.660. The minimum atomic E-state index is -0.106. The highest BCUT2D eigenvalue weighted by Gasteiger charge is 2.32. The number of anilines is 1. The quantitative estimate of drug-likeness (QED) is 0.751. The number of imidazole rings is 1. The van der Waals surface area contributed by atoms with Gasteiger partial charge in [0.25, 0.3) is 5.91 Å². The summed E-state index contributed by atoms with van der Waals surface area (Å²) >= 11 is 0. The molecule has 1 saturated heterocycles. The molecular weight excluding hydrogens is 414 g/mol. The third-order valence-electron chi connectivity index (χ3n) is 6.55. The molecule has 0 spiro atoms. The SMILES string of the molecule is C=C1C=CN(C)C(c2nc3ccc(NC(=O)C4=CCC(C)(N5CCOCC5)C=C4)cc3[nH]2)=C1. The molecule has 5 rings (SSSR count). The third kappa shape index (κ3) is 4.29. The maximum atomic E-state index is 12.9. The van der Waals surface area contributed by atoms with Gasteiger partial charge in [-0.05, 0) is 49.3 Å². The van der Waals surface area contributed by atoms with Gasteiger partial charge in [-0.15, -0.1) is 0 Å². The Labute approximate surface area is 193 Å². The fourth-order valence-electron chi connectivity index (χ4n) is 4.46. The molecule has 1 aromatic carbocycles. The minimum absolute atomic E-state index is 0.0692. The van der Waals surface area contributed by atoms with Gasteiger partial charge in [0.1, 0.15) is 0 Å². The van der Waals surface area contributed by atoms with Crippen LogP contribution < -0.4 is 5.32 Å². The highest BCUT2D eigenvalue weighted by atomic mass is 16.5. The molecule has 0 saturated carbocycles. The molecule has 33 heavy (non-hydrogen) atoms. The largest absolute Gasteiger partial charge is 0.379 e. The van der Waals surface area contributed by atoms with E-state index in [1.807, 2.05) is 60.7 Å². The van der Waals surface area contributed by atoms with Crippen molar-refractivity contribution >= 4 is 28.3 Å². The topological polar surface area (TPSA) is 73.5 Å². The Kier molecular flexibility index (Phi) is 5.52. The average Bonchev–Trinajstić information content (AvgIpc) is 3.25. The second kappa shape index (κ2) is 8.50. The molecule has 3 heterocycles. The van der Waals surface area contributed by atoms with Gasteiger partial charge in [-0.1, -0.05) is 24.8 Å². The first-order valence-corrected chi connectivity index (χ1v) is 11.3. The summed E-state index contributed by atoms with van der Waals surface area (Å²) in [4.78, 5) is 25.4. The van der Waals surface area contributed by atoms with Crippen LogP contribution in [0.2, 0.25) is 0 Å². The number of morpholine rings is 1. The molecule has 2 N–H and O–H groups in total. The molecule has 1 atom stereocenters. The van der Waals surface area contributed by atoms with E-state index in [2.05, 4.69) is 34.8 Å². The predicted octanol–water partition coefficient (Wildman–Crippen LogP) is 3.83. The van der Waals surface area contributed by atoms with E-state index < -0.39 is 0 Å². The van der Waals surface area contributed by atoms with E-state index in [1.165, 1.54) is 0 Å². The Morgan fingerprint density at radius 3 is 2.85 bits per heavy atom. The second-order valence-electron chi connectivity index (χ2n) is 8.96. The van der Waals surface area contributed by atoms with E-state index in [1.54, 1.807) is 0 Å². The Balaban J connectivity index is 1.29. The van der Waals surface area contributed by atoms with Gasteiger partial charge in [0, 0.05) is 43.1 Å². The molecular formula is C26H29N5O2. The van der Waals surface area contributed by atoms with Gasteiger partial charge in [-0.3, -0.25) is 9.69 Å². The van der Waals surface area contributed by atoms with Gasteiger partial charge in [-0.25, -0.2) is 4.98 Å². The smallest absolute Gasteiger partial charge is 0.255 e. The Morgan fingerprint density at radius 1 is 1.27 bits per heavy atom. The number of aromatic nitrogens is 2. The Bertz CT molecular complexity index is 1230. The number of allylic oxidation sites excluding steroid dienone is 3. The van der Waals surface area contributed by atoms with Crippen molar-refractivity contribution in [3.8, 4) is 0 Å². The number of carbonyl (C=O) groups excluding carboxylic acids is 1. The maximum absolute atomic E-state index is 12.9. The first-order chi connectivity index (χ1) is 15.9. The van der Waals surface area contributed by atoms with Crippen LogP contribution in [0.1, 0.15) is 19.2 Å². The lowest BCUT2D eigenvalue weighted by atomic mass is 9.88. The first-order valence-electron chi connectivity index (χ1n) is 11.3. The van der Waals surface area contributed by atoms with Crippen molar-refractivity contribution in [3.63, 3.8) is 0 Å². The van der Waals surface area contributed by atoms with Gasteiger partial charge in [0.2, 0.25) is 0 Å². The average molecular weight is 444 g/mol. The van der Waals surface area contributed by atoms with Crippen LogP contribution in [-0.2, 0) is 9.53 Å². The van der Waals surface area contributed by atoms with Crippen molar-refractivity contribution in [2.45, 2.75) is 18.9 Å². The number of nitrogens with zero attached hydrogens (tertiary/aromatic N) is 3. The number of ether oxygens (including phenoxy) is 1. The number of aromatic amines is 1. The molecule has 2 aliphatic heterocycles. The fraction of sp³-hybridized carbons (Fsp3) is 0.308. The molecule has 170 valence electrons. The first kappa shape index (κ1) is 21.4. The van der Waals surface area contributed by atoms with Crippen LogP contribution in [0.25, 0.3) is 16.7 Å². The summed E-state index contributed by atoms with van der Waals surface area (Å²) < 4.78 is 5.47. The molecule has 1 aliphatic carbocycles. The molecule has 2 aromatic rings. The summed E-state index contributed by atoms with van der Waals surface area (Å²) in [5, 5.41) is 3.03. The van der Waals surface area contributed by atoms with Gasteiger partial charge in [0.05, 0.1) is 29.9 Å². The van der Waals surface area contributed by atoms with Gasteiger partial charge in [0.15, 0.2) is 5.82 Å². The number of H-pyrrole nitrogens is 1. The lowest BCUT2D eigenvalue weighted by molar-refractivity contribution is -0.112. The van der Waals surface area contributed by atoms with Crippen LogP contribution in [0.15, 0.2) is 72.5 Å². The van der Waals surface area contributed by atoms with Crippen LogP contribution in [0, 0.1) is 0 Å². The highest BCUT2D eigenvalue weighted by Crippen LogP contribution is 2.29. The summed E-state index contributed by atoms with van der Waals surface area (Å²) in [7, 11) is 1.98. The van der Waals surface area contributed by atoms with Crippen LogP contribution in [0.3, 0.4) is 0 Å². The van der Waals surface area contributed by atoms with E-state index in [4.69, 9.17) is 9.72 Å². The molecule has 7 nitrogen and oxygen atoms in total. The van der Waals surface area contributed by atoms with Crippen molar-refractivity contribution in [1.29, 1.82) is 0 Å². The zero-order valence-electron chi connectivity index (χ0n) is 19.1. The van der Waals surface area contributed by atoms with Crippen molar-refractivity contribution in [3.05, 3.63) is 78.3 Å². The van der Waals surface area contributed by atoms with Crippen molar-refractivity contribution < 1.29 is 9.53 Å². The molecule has 7 heteroatoms. The van der Waals surface area contributed by atoms with Crippen molar-refractivity contribution in [1.82, 2.24) is 19.8 Å². The molecule has 0 radical (unpaired) electrons. The molecule has 1 fully saturated rings. The fourth-order valence-corrected chi connectivity index (χ4v) is 4.46. The van der Waals surface area contributed by atoms with Crippen LogP contribution in [0.5, 0.6) is 0 Å². The number of fused-ring (bicyclic) bond motifs is 1. The Morgan fingerprint density at radius 2 is 2.09 bits per heavy atom. The zero-order chi connectivity index (χ0) is 23.0. The Hall–Kier alpha value is -3.42. The lowest BCUT2D eigenvalue weighted by Gasteiger charge is -2.42. The lowest BCUT2D eigenvalue weighted by Crippen LogP contribution is -2.51. The van der Waals surface area contributed by atoms with Gasteiger partial charge >= 0.3 is 0 Å². The molecule has 1 amide bonds. The normalized spacial score (nSPS) is 23.6. The number of hydrogen-bond donors (Lipinski definition) is 2. The maximum Gasteiger partial charge on any atom is 0.255 e. The van der Waals surface area contributed by atoms with E-state index in [9.17, 15) is 4.79 Å².